The standard InChI is InChI=1S/C13H19Br2N/c1-5-16-12(13(2,3)4)9-6-10(14)8-11(15)7-9/h6-8,12,16H,5H2,1-4H3. The number of hydrogen-bond acceptors (Lipinski definition) is 1. The summed E-state index contributed by atoms with van der Waals surface area (Å²) in [4.78, 5) is 0. The SMILES string of the molecule is CCNC(c1cc(Br)cc(Br)c1)C(C)(C)C. The van der Waals surface area contributed by atoms with Crippen molar-refractivity contribution in [1.29, 1.82) is 0 Å². The first-order valence-corrected chi connectivity index (χ1v) is 7.12. The second-order valence-corrected chi connectivity index (χ2v) is 6.89. The van der Waals surface area contributed by atoms with Gasteiger partial charge in [0.25, 0.3) is 0 Å². The molecule has 0 fully saturated rings. The zero-order chi connectivity index (χ0) is 12.3. The van der Waals surface area contributed by atoms with Gasteiger partial charge in [0.15, 0.2) is 0 Å². The van der Waals surface area contributed by atoms with Crippen molar-refractivity contribution in [2.24, 2.45) is 5.41 Å². The lowest BCUT2D eigenvalue weighted by molar-refractivity contribution is 0.276. The van der Waals surface area contributed by atoms with Gasteiger partial charge in [-0.15, -0.1) is 0 Å². The number of halogens is 2. The van der Waals surface area contributed by atoms with Gasteiger partial charge in [-0.1, -0.05) is 59.6 Å². The van der Waals surface area contributed by atoms with E-state index in [2.05, 4.69) is 83.1 Å². The lowest BCUT2D eigenvalue weighted by atomic mass is 9.82. The highest BCUT2D eigenvalue weighted by molar-refractivity contribution is 9.11. The maximum Gasteiger partial charge on any atom is 0.0369 e. The average molecular weight is 349 g/mol. The first-order chi connectivity index (χ1) is 7.34. The summed E-state index contributed by atoms with van der Waals surface area (Å²) in [6.45, 7) is 9.90. The highest BCUT2D eigenvalue weighted by Crippen LogP contribution is 2.35. The molecule has 16 heavy (non-hydrogen) atoms. The van der Waals surface area contributed by atoms with Gasteiger partial charge in [0, 0.05) is 15.0 Å². The summed E-state index contributed by atoms with van der Waals surface area (Å²) < 4.78 is 2.23. The van der Waals surface area contributed by atoms with E-state index in [1.165, 1.54) is 5.56 Å². The third kappa shape index (κ3) is 3.86. The summed E-state index contributed by atoms with van der Waals surface area (Å²) >= 11 is 7.08. The lowest BCUT2D eigenvalue weighted by Gasteiger charge is -2.32. The van der Waals surface area contributed by atoms with E-state index >= 15 is 0 Å². The molecular weight excluding hydrogens is 330 g/mol. The highest BCUT2D eigenvalue weighted by Gasteiger charge is 2.25. The van der Waals surface area contributed by atoms with Gasteiger partial charge in [-0.3, -0.25) is 0 Å². The van der Waals surface area contributed by atoms with Gasteiger partial charge >= 0.3 is 0 Å². The van der Waals surface area contributed by atoms with Gasteiger partial charge in [0.2, 0.25) is 0 Å². The minimum absolute atomic E-state index is 0.205. The summed E-state index contributed by atoms with van der Waals surface area (Å²) in [6.07, 6.45) is 0. The van der Waals surface area contributed by atoms with Crippen molar-refractivity contribution in [1.82, 2.24) is 5.32 Å². The molecule has 1 rings (SSSR count). The van der Waals surface area contributed by atoms with Crippen LogP contribution in [-0.4, -0.2) is 6.54 Å². The van der Waals surface area contributed by atoms with Crippen LogP contribution < -0.4 is 5.32 Å². The summed E-state index contributed by atoms with van der Waals surface area (Å²) in [5.41, 5.74) is 1.52. The quantitative estimate of drug-likeness (QED) is 0.818. The van der Waals surface area contributed by atoms with Gasteiger partial charge in [-0.25, -0.2) is 0 Å². The molecule has 1 atom stereocenters. The molecule has 1 unspecified atom stereocenters. The first-order valence-electron chi connectivity index (χ1n) is 5.54. The molecular formula is C13H19Br2N. The van der Waals surface area contributed by atoms with Crippen molar-refractivity contribution >= 4 is 31.9 Å². The third-order valence-corrected chi connectivity index (χ3v) is 3.41. The smallest absolute Gasteiger partial charge is 0.0369 e. The van der Waals surface area contributed by atoms with E-state index in [-0.39, 0.29) is 5.41 Å². The van der Waals surface area contributed by atoms with Crippen LogP contribution in [0.2, 0.25) is 0 Å². The predicted octanol–water partition coefficient (Wildman–Crippen LogP) is 4.91. The Morgan fingerprint density at radius 1 is 1.12 bits per heavy atom. The van der Waals surface area contributed by atoms with Crippen LogP contribution in [0.5, 0.6) is 0 Å². The Labute approximate surface area is 115 Å². The molecule has 0 radical (unpaired) electrons. The van der Waals surface area contributed by atoms with Crippen molar-refractivity contribution < 1.29 is 0 Å². The molecule has 0 saturated heterocycles. The molecule has 0 aliphatic heterocycles. The van der Waals surface area contributed by atoms with Gasteiger partial charge in [0.1, 0.15) is 0 Å². The minimum atomic E-state index is 0.205. The molecule has 0 aromatic heterocycles. The molecule has 1 aromatic carbocycles. The monoisotopic (exact) mass is 347 g/mol. The second-order valence-electron chi connectivity index (χ2n) is 5.06. The maximum atomic E-state index is 3.55. The van der Waals surface area contributed by atoms with Crippen LogP contribution in [0.15, 0.2) is 27.1 Å². The Morgan fingerprint density at radius 2 is 1.62 bits per heavy atom. The fourth-order valence-corrected chi connectivity index (χ4v) is 3.20. The Bertz CT molecular complexity index is 335. The Morgan fingerprint density at radius 3 is 2.00 bits per heavy atom. The van der Waals surface area contributed by atoms with Crippen molar-refractivity contribution in [2.75, 3.05) is 6.54 Å². The Hall–Kier alpha value is 0.140. The zero-order valence-electron chi connectivity index (χ0n) is 10.3. The Balaban J connectivity index is 3.10. The number of hydrogen-bond donors (Lipinski definition) is 1. The van der Waals surface area contributed by atoms with Crippen molar-refractivity contribution in [2.45, 2.75) is 33.7 Å². The van der Waals surface area contributed by atoms with Gasteiger partial charge in [-0.2, -0.15) is 0 Å². The fourth-order valence-electron chi connectivity index (χ4n) is 1.87. The first kappa shape index (κ1) is 14.2. The average Bonchev–Trinajstić information content (AvgIpc) is 2.10. The van der Waals surface area contributed by atoms with Crippen LogP contribution in [0.1, 0.15) is 39.3 Å². The largest absolute Gasteiger partial charge is 0.310 e. The maximum absolute atomic E-state index is 3.55. The van der Waals surface area contributed by atoms with Crippen LogP contribution in [0.3, 0.4) is 0 Å². The summed E-state index contributed by atoms with van der Waals surface area (Å²) in [5, 5.41) is 3.55. The molecule has 0 spiro atoms. The minimum Gasteiger partial charge on any atom is -0.310 e. The lowest BCUT2D eigenvalue weighted by Crippen LogP contribution is -2.32. The highest BCUT2D eigenvalue weighted by atomic mass is 79.9. The topological polar surface area (TPSA) is 12.0 Å². The van der Waals surface area contributed by atoms with Crippen LogP contribution in [-0.2, 0) is 0 Å². The molecule has 0 amide bonds. The van der Waals surface area contributed by atoms with E-state index in [9.17, 15) is 0 Å². The van der Waals surface area contributed by atoms with Crippen LogP contribution in [0.4, 0.5) is 0 Å². The van der Waals surface area contributed by atoms with Gasteiger partial charge in [0.05, 0.1) is 0 Å². The Kier molecular flexibility index (Phi) is 5.02. The predicted molar refractivity (Wildman–Crippen MR) is 77.7 cm³/mol. The summed E-state index contributed by atoms with van der Waals surface area (Å²) in [7, 11) is 0. The molecule has 3 heteroatoms. The van der Waals surface area contributed by atoms with E-state index in [4.69, 9.17) is 0 Å². The molecule has 0 saturated carbocycles. The van der Waals surface area contributed by atoms with Crippen molar-refractivity contribution in [3.8, 4) is 0 Å². The van der Waals surface area contributed by atoms with Crippen molar-refractivity contribution in [3.05, 3.63) is 32.7 Å². The molecule has 1 aromatic rings. The van der Waals surface area contributed by atoms with Crippen LogP contribution in [0.25, 0.3) is 0 Å². The van der Waals surface area contributed by atoms with E-state index in [1.54, 1.807) is 0 Å². The molecule has 1 N–H and O–H groups in total. The third-order valence-electron chi connectivity index (χ3n) is 2.49. The fraction of sp³-hybridized carbons (Fsp3) is 0.538. The van der Waals surface area contributed by atoms with E-state index in [1.807, 2.05) is 0 Å². The summed E-state index contributed by atoms with van der Waals surface area (Å²) in [5.74, 6) is 0. The second kappa shape index (κ2) is 5.65. The number of nitrogens with one attached hydrogen (secondary N) is 1. The number of rotatable bonds is 3. The molecule has 90 valence electrons. The normalized spacial score (nSPS) is 13.9. The molecule has 0 aliphatic carbocycles. The molecule has 1 nitrogen and oxygen atoms in total. The van der Waals surface area contributed by atoms with E-state index in [0.29, 0.717) is 6.04 Å². The summed E-state index contributed by atoms with van der Waals surface area (Å²) in [6, 6.07) is 6.80. The van der Waals surface area contributed by atoms with E-state index in [0.717, 1.165) is 15.5 Å². The zero-order valence-corrected chi connectivity index (χ0v) is 13.4. The molecule has 0 aliphatic rings. The van der Waals surface area contributed by atoms with Crippen LogP contribution in [0, 0.1) is 5.41 Å². The number of benzene rings is 1. The molecule has 0 bridgehead atoms. The van der Waals surface area contributed by atoms with E-state index < -0.39 is 0 Å². The van der Waals surface area contributed by atoms with Crippen LogP contribution >= 0.6 is 31.9 Å². The van der Waals surface area contributed by atoms with Crippen molar-refractivity contribution in [3.63, 3.8) is 0 Å². The molecule has 0 heterocycles. The van der Waals surface area contributed by atoms with Gasteiger partial charge in [-0.05, 0) is 35.7 Å². The van der Waals surface area contributed by atoms with Gasteiger partial charge < -0.3 is 5.32 Å².